The molecule has 0 aliphatic carbocycles. The Balaban J connectivity index is 1.97. The molecule has 0 radical (unpaired) electrons. The molecule has 24 heavy (non-hydrogen) atoms. The van der Waals surface area contributed by atoms with E-state index in [0.29, 0.717) is 10.8 Å². The highest BCUT2D eigenvalue weighted by molar-refractivity contribution is 6.30. The van der Waals surface area contributed by atoms with Gasteiger partial charge in [0.05, 0.1) is 11.0 Å². The summed E-state index contributed by atoms with van der Waals surface area (Å²) in [5, 5.41) is 0.654. The van der Waals surface area contributed by atoms with Gasteiger partial charge in [0.1, 0.15) is 0 Å². The number of benzene rings is 2. The molecule has 4 rings (SSSR count). The molecule has 1 fully saturated rings. The number of aromatic nitrogens is 2. The van der Waals surface area contributed by atoms with Crippen LogP contribution in [0.25, 0.3) is 16.7 Å². The zero-order valence-electron chi connectivity index (χ0n) is 13.3. The number of anilines is 1. The van der Waals surface area contributed by atoms with Gasteiger partial charge in [-0.1, -0.05) is 23.7 Å². The standard InChI is InChI=1S/C19H18ClN3O/c20-14-8-10-15(11-9-14)23-17-7-3-2-6-16(17)21-18(19(23)24)22-12-4-1-5-13-22/h2-3,6-11H,1,4-5,12-13H2. The minimum Gasteiger partial charge on any atom is -0.352 e. The van der Waals surface area contributed by atoms with Crippen molar-refractivity contribution in [3.05, 3.63) is 63.9 Å². The van der Waals surface area contributed by atoms with E-state index < -0.39 is 0 Å². The topological polar surface area (TPSA) is 38.1 Å². The van der Waals surface area contributed by atoms with Gasteiger partial charge in [-0.3, -0.25) is 9.36 Å². The number of rotatable bonds is 2. The van der Waals surface area contributed by atoms with E-state index in [0.717, 1.165) is 42.7 Å². The second kappa shape index (κ2) is 6.29. The lowest BCUT2D eigenvalue weighted by molar-refractivity contribution is 0.571. The van der Waals surface area contributed by atoms with Crippen molar-refractivity contribution in [2.45, 2.75) is 19.3 Å². The molecule has 0 N–H and O–H groups in total. The van der Waals surface area contributed by atoms with Crippen LogP contribution in [0.2, 0.25) is 5.02 Å². The largest absolute Gasteiger partial charge is 0.352 e. The fourth-order valence-corrected chi connectivity index (χ4v) is 3.40. The van der Waals surface area contributed by atoms with Crippen LogP contribution in [0.1, 0.15) is 19.3 Å². The maximum absolute atomic E-state index is 13.2. The van der Waals surface area contributed by atoms with E-state index in [-0.39, 0.29) is 5.56 Å². The lowest BCUT2D eigenvalue weighted by Crippen LogP contribution is -2.36. The van der Waals surface area contributed by atoms with Gasteiger partial charge in [-0.2, -0.15) is 0 Å². The van der Waals surface area contributed by atoms with Gasteiger partial charge in [0, 0.05) is 23.8 Å². The first-order valence-electron chi connectivity index (χ1n) is 8.27. The SMILES string of the molecule is O=c1c(N2CCCCC2)nc2ccccc2n1-c1ccc(Cl)cc1. The number of fused-ring (bicyclic) bond motifs is 1. The van der Waals surface area contributed by atoms with E-state index in [9.17, 15) is 4.79 Å². The van der Waals surface area contributed by atoms with Crippen molar-refractivity contribution >= 4 is 28.5 Å². The second-order valence-electron chi connectivity index (χ2n) is 6.09. The quantitative estimate of drug-likeness (QED) is 0.707. The third-order valence-electron chi connectivity index (χ3n) is 4.48. The fraction of sp³-hybridized carbons (Fsp3) is 0.263. The van der Waals surface area contributed by atoms with E-state index in [1.807, 2.05) is 36.4 Å². The molecule has 122 valence electrons. The van der Waals surface area contributed by atoms with Crippen LogP contribution >= 0.6 is 11.6 Å². The molecule has 1 aromatic heterocycles. The van der Waals surface area contributed by atoms with Crippen molar-refractivity contribution in [2.75, 3.05) is 18.0 Å². The molecule has 2 aromatic carbocycles. The lowest BCUT2D eigenvalue weighted by Gasteiger charge is -2.28. The van der Waals surface area contributed by atoms with Crippen LogP contribution in [-0.4, -0.2) is 22.6 Å². The minimum atomic E-state index is -0.0714. The van der Waals surface area contributed by atoms with Gasteiger partial charge in [0.2, 0.25) is 0 Å². The van der Waals surface area contributed by atoms with Gasteiger partial charge in [-0.25, -0.2) is 4.98 Å². The molecule has 3 aromatic rings. The minimum absolute atomic E-state index is 0.0714. The van der Waals surface area contributed by atoms with Crippen LogP contribution in [0.3, 0.4) is 0 Å². The van der Waals surface area contributed by atoms with Crippen molar-refractivity contribution in [2.24, 2.45) is 0 Å². The number of para-hydroxylation sites is 2. The summed E-state index contributed by atoms with van der Waals surface area (Å²) in [5.74, 6) is 0.545. The Bertz CT molecular complexity index is 927. The van der Waals surface area contributed by atoms with Crippen LogP contribution < -0.4 is 10.5 Å². The molecule has 1 aliphatic rings. The highest BCUT2D eigenvalue weighted by Crippen LogP contribution is 2.21. The van der Waals surface area contributed by atoms with Crippen LogP contribution in [0, 0.1) is 0 Å². The lowest BCUT2D eigenvalue weighted by atomic mass is 10.1. The molecule has 0 bridgehead atoms. The smallest absolute Gasteiger partial charge is 0.298 e. The first kappa shape index (κ1) is 15.2. The summed E-state index contributed by atoms with van der Waals surface area (Å²) in [6, 6.07) is 15.1. The molecule has 0 unspecified atom stereocenters. The summed E-state index contributed by atoms with van der Waals surface area (Å²) in [6.07, 6.45) is 3.43. The average molecular weight is 340 g/mol. The predicted molar refractivity (Wildman–Crippen MR) is 98.4 cm³/mol. The van der Waals surface area contributed by atoms with Gasteiger partial charge in [0.15, 0.2) is 5.82 Å². The van der Waals surface area contributed by atoms with E-state index >= 15 is 0 Å². The molecule has 2 heterocycles. The molecule has 0 amide bonds. The van der Waals surface area contributed by atoms with Crippen LogP contribution in [-0.2, 0) is 0 Å². The highest BCUT2D eigenvalue weighted by atomic mass is 35.5. The van der Waals surface area contributed by atoms with Crippen LogP contribution in [0.15, 0.2) is 53.3 Å². The molecule has 0 atom stereocenters. The fourth-order valence-electron chi connectivity index (χ4n) is 3.28. The monoisotopic (exact) mass is 339 g/mol. The van der Waals surface area contributed by atoms with Crippen molar-refractivity contribution in [3.8, 4) is 5.69 Å². The summed E-state index contributed by atoms with van der Waals surface area (Å²) in [4.78, 5) is 20.0. The Kier molecular flexibility index (Phi) is 3.98. The van der Waals surface area contributed by atoms with E-state index in [2.05, 4.69) is 9.88 Å². The van der Waals surface area contributed by atoms with Gasteiger partial charge in [0.25, 0.3) is 5.56 Å². The third-order valence-corrected chi connectivity index (χ3v) is 4.74. The van der Waals surface area contributed by atoms with Crippen molar-refractivity contribution < 1.29 is 0 Å². The number of piperidine rings is 1. The molecule has 1 saturated heterocycles. The van der Waals surface area contributed by atoms with Crippen LogP contribution in [0.4, 0.5) is 5.82 Å². The Morgan fingerprint density at radius 3 is 2.38 bits per heavy atom. The summed E-state index contributed by atoms with van der Waals surface area (Å²) in [6.45, 7) is 1.78. The maximum atomic E-state index is 13.2. The Hall–Kier alpha value is -2.33. The molecular formula is C19H18ClN3O. The first-order valence-corrected chi connectivity index (χ1v) is 8.64. The summed E-state index contributed by atoms with van der Waals surface area (Å²) in [7, 11) is 0. The molecule has 4 nitrogen and oxygen atoms in total. The second-order valence-corrected chi connectivity index (χ2v) is 6.53. The average Bonchev–Trinajstić information content (AvgIpc) is 2.63. The number of hydrogen-bond donors (Lipinski definition) is 0. The number of halogens is 1. The van der Waals surface area contributed by atoms with E-state index in [1.54, 1.807) is 16.7 Å². The molecular weight excluding hydrogens is 322 g/mol. The van der Waals surface area contributed by atoms with Gasteiger partial charge < -0.3 is 4.90 Å². The Morgan fingerprint density at radius 2 is 1.62 bits per heavy atom. The maximum Gasteiger partial charge on any atom is 0.298 e. The zero-order valence-corrected chi connectivity index (χ0v) is 14.0. The summed E-state index contributed by atoms with van der Waals surface area (Å²) < 4.78 is 1.74. The van der Waals surface area contributed by atoms with Crippen molar-refractivity contribution in [1.29, 1.82) is 0 Å². The molecule has 1 aliphatic heterocycles. The summed E-state index contributed by atoms with van der Waals surface area (Å²) in [5.41, 5.74) is 2.37. The van der Waals surface area contributed by atoms with Crippen LogP contribution in [0.5, 0.6) is 0 Å². The zero-order chi connectivity index (χ0) is 16.5. The predicted octanol–water partition coefficient (Wildman–Crippen LogP) is 4.03. The third kappa shape index (κ3) is 2.67. The van der Waals surface area contributed by atoms with Crippen molar-refractivity contribution in [1.82, 2.24) is 9.55 Å². The van der Waals surface area contributed by atoms with Gasteiger partial charge in [-0.15, -0.1) is 0 Å². The number of hydrogen-bond acceptors (Lipinski definition) is 3. The summed E-state index contributed by atoms with van der Waals surface area (Å²) >= 11 is 6.00. The van der Waals surface area contributed by atoms with E-state index in [4.69, 9.17) is 11.6 Å². The van der Waals surface area contributed by atoms with Gasteiger partial charge >= 0.3 is 0 Å². The van der Waals surface area contributed by atoms with Gasteiger partial charge in [-0.05, 0) is 55.7 Å². The number of nitrogens with zero attached hydrogens (tertiary/aromatic N) is 3. The Morgan fingerprint density at radius 1 is 0.917 bits per heavy atom. The normalized spacial score (nSPS) is 15.0. The molecule has 0 saturated carbocycles. The van der Waals surface area contributed by atoms with E-state index in [1.165, 1.54) is 6.42 Å². The Labute approximate surface area is 145 Å². The molecule has 5 heteroatoms. The first-order chi connectivity index (χ1) is 11.7. The highest BCUT2D eigenvalue weighted by Gasteiger charge is 2.19. The molecule has 0 spiro atoms. The van der Waals surface area contributed by atoms with Crippen molar-refractivity contribution in [3.63, 3.8) is 0 Å².